The molecule has 0 amide bonds. The first-order chi connectivity index (χ1) is 7.63. The van der Waals surface area contributed by atoms with Crippen LogP contribution in [0.3, 0.4) is 0 Å². The molecule has 1 aromatic carbocycles. The second kappa shape index (κ2) is 4.28. The smallest absolute Gasteiger partial charge is 0.202 e. The molecule has 0 aliphatic carbocycles. The van der Waals surface area contributed by atoms with E-state index in [9.17, 15) is 4.79 Å². The Labute approximate surface area is 98.2 Å². The molecule has 0 bridgehead atoms. The summed E-state index contributed by atoms with van der Waals surface area (Å²) in [4.78, 5) is 11.8. The van der Waals surface area contributed by atoms with Gasteiger partial charge in [-0.2, -0.15) is 0 Å². The molecule has 0 saturated carbocycles. The highest BCUT2D eigenvalue weighted by Crippen LogP contribution is 2.27. The van der Waals surface area contributed by atoms with Gasteiger partial charge in [0.05, 0.1) is 5.02 Å². The second-order valence-electron chi connectivity index (χ2n) is 3.77. The lowest BCUT2D eigenvalue weighted by Crippen LogP contribution is -2.20. The Morgan fingerprint density at radius 1 is 1.56 bits per heavy atom. The van der Waals surface area contributed by atoms with Crippen molar-refractivity contribution >= 4 is 28.4 Å². The van der Waals surface area contributed by atoms with Crippen molar-refractivity contribution in [2.75, 3.05) is 6.54 Å². The van der Waals surface area contributed by atoms with E-state index in [2.05, 4.69) is 0 Å². The Bertz CT molecular complexity index is 533. The van der Waals surface area contributed by atoms with E-state index in [0.717, 1.165) is 5.39 Å². The van der Waals surface area contributed by atoms with Gasteiger partial charge in [-0.15, -0.1) is 0 Å². The molecule has 0 aliphatic rings. The summed E-state index contributed by atoms with van der Waals surface area (Å²) in [6.07, 6.45) is 0. The van der Waals surface area contributed by atoms with Crippen molar-refractivity contribution in [3.8, 4) is 0 Å². The summed E-state index contributed by atoms with van der Waals surface area (Å²) in [5.74, 6) is -0.00449. The van der Waals surface area contributed by atoms with E-state index in [-0.39, 0.29) is 11.7 Å². The number of carbonyl (C=O) groups is 1. The molecule has 2 aromatic rings. The Balaban J connectivity index is 2.48. The molecular formula is C12H12ClNO2. The molecule has 1 unspecified atom stereocenters. The maximum Gasteiger partial charge on any atom is 0.202 e. The number of nitrogens with two attached hydrogens (primary N) is 1. The van der Waals surface area contributed by atoms with Gasteiger partial charge in [0.2, 0.25) is 5.78 Å². The van der Waals surface area contributed by atoms with E-state index in [1.807, 2.05) is 12.1 Å². The number of hydrogen-bond donors (Lipinski definition) is 1. The monoisotopic (exact) mass is 237 g/mol. The van der Waals surface area contributed by atoms with Crippen molar-refractivity contribution < 1.29 is 9.21 Å². The lowest BCUT2D eigenvalue weighted by Gasteiger charge is -2.02. The maximum absolute atomic E-state index is 11.8. The number of furan rings is 1. The standard InChI is InChI=1S/C12H12ClNO2/c1-7(6-14)11(15)10-5-8-3-2-4-9(13)12(8)16-10/h2-5,7H,6,14H2,1H3. The third kappa shape index (κ3) is 1.84. The molecule has 0 fully saturated rings. The van der Waals surface area contributed by atoms with Crippen molar-refractivity contribution in [1.82, 2.24) is 0 Å². The molecule has 84 valence electrons. The van der Waals surface area contributed by atoms with Gasteiger partial charge >= 0.3 is 0 Å². The summed E-state index contributed by atoms with van der Waals surface area (Å²) in [6, 6.07) is 7.11. The largest absolute Gasteiger partial charge is 0.451 e. The van der Waals surface area contributed by atoms with Gasteiger partial charge in [-0.1, -0.05) is 30.7 Å². The van der Waals surface area contributed by atoms with E-state index in [1.54, 1.807) is 19.1 Å². The molecule has 1 heterocycles. The zero-order valence-corrected chi connectivity index (χ0v) is 9.62. The number of Topliss-reactive ketones (excluding diaryl/α,β-unsaturated/α-hetero) is 1. The van der Waals surface area contributed by atoms with Gasteiger partial charge in [0.1, 0.15) is 0 Å². The van der Waals surface area contributed by atoms with Crippen molar-refractivity contribution in [1.29, 1.82) is 0 Å². The lowest BCUT2D eigenvalue weighted by molar-refractivity contribution is 0.0908. The van der Waals surface area contributed by atoms with Crippen LogP contribution in [0.1, 0.15) is 17.5 Å². The highest BCUT2D eigenvalue weighted by atomic mass is 35.5. The summed E-state index contributed by atoms with van der Waals surface area (Å²) in [5.41, 5.74) is 6.00. The van der Waals surface area contributed by atoms with Crippen molar-refractivity contribution in [2.24, 2.45) is 11.7 Å². The third-order valence-corrected chi connectivity index (χ3v) is 2.84. The molecule has 16 heavy (non-hydrogen) atoms. The zero-order chi connectivity index (χ0) is 11.7. The average Bonchev–Trinajstić information content (AvgIpc) is 2.72. The number of hydrogen-bond acceptors (Lipinski definition) is 3. The highest BCUT2D eigenvalue weighted by molar-refractivity contribution is 6.34. The number of carbonyl (C=O) groups excluding carboxylic acids is 1. The first-order valence-electron chi connectivity index (χ1n) is 5.06. The number of benzene rings is 1. The Morgan fingerprint density at radius 2 is 2.31 bits per heavy atom. The van der Waals surface area contributed by atoms with Crippen LogP contribution in [-0.4, -0.2) is 12.3 Å². The number of fused-ring (bicyclic) bond motifs is 1. The summed E-state index contributed by atoms with van der Waals surface area (Å²) in [7, 11) is 0. The van der Waals surface area contributed by atoms with Gasteiger partial charge in [-0.25, -0.2) is 0 Å². The normalized spacial score (nSPS) is 12.9. The minimum atomic E-state index is -0.237. The molecule has 1 atom stereocenters. The van der Waals surface area contributed by atoms with Gasteiger partial charge in [0.25, 0.3) is 0 Å². The van der Waals surface area contributed by atoms with E-state index in [1.165, 1.54) is 0 Å². The molecule has 1 aromatic heterocycles. The van der Waals surface area contributed by atoms with Crippen LogP contribution < -0.4 is 5.73 Å². The zero-order valence-electron chi connectivity index (χ0n) is 8.87. The quantitative estimate of drug-likeness (QED) is 0.836. The fourth-order valence-corrected chi connectivity index (χ4v) is 1.72. The van der Waals surface area contributed by atoms with Gasteiger partial charge < -0.3 is 10.2 Å². The van der Waals surface area contributed by atoms with Crippen LogP contribution in [0.5, 0.6) is 0 Å². The van der Waals surface area contributed by atoms with Gasteiger partial charge in [0.15, 0.2) is 11.3 Å². The Kier molecular flexibility index (Phi) is 2.99. The predicted molar refractivity (Wildman–Crippen MR) is 63.8 cm³/mol. The van der Waals surface area contributed by atoms with Crippen molar-refractivity contribution in [3.05, 3.63) is 35.0 Å². The SMILES string of the molecule is CC(CN)C(=O)c1cc2cccc(Cl)c2o1. The van der Waals surface area contributed by atoms with Crippen LogP contribution in [0.2, 0.25) is 5.02 Å². The third-order valence-electron chi connectivity index (χ3n) is 2.54. The Hall–Kier alpha value is -1.32. The first-order valence-corrected chi connectivity index (χ1v) is 5.43. The van der Waals surface area contributed by atoms with Gasteiger partial charge in [0, 0.05) is 17.8 Å². The van der Waals surface area contributed by atoms with Gasteiger partial charge in [-0.3, -0.25) is 4.79 Å². The highest BCUT2D eigenvalue weighted by Gasteiger charge is 2.18. The van der Waals surface area contributed by atoms with Crippen LogP contribution in [0.15, 0.2) is 28.7 Å². The first kappa shape index (κ1) is 11.2. The van der Waals surface area contributed by atoms with Crippen LogP contribution in [-0.2, 0) is 0 Å². The van der Waals surface area contributed by atoms with Crippen molar-refractivity contribution in [3.63, 3.8) is 0 Å². The topological polar surface area (TPSA) is 56.2 Å². The average molecular weight is 238 g/mol. The number of halogens is 1. The summed E-state index contributed by atoms with van der Waals surface area (Å²) in [5, 5.41) is 1.34. The van der Waals surface area contributed by atoms with E-state index in [0.29, 0.717) is 22.9 Å². The van der Waals surface area contributed by atoms with Crippen LogP contribution >= 0.6 is 11.6 Å². The van der Waals surface area contributed by atoms with Crippen LogP contribution in [0.4, 0.5) is 0 Å². The van der Waals surface area contributed by atoms with Crippen molar-refractivity contribution in [2.45, 2.75) is 6.92 Å². The molecule has 3 nitrogen and oxygen atoms in total. The molecule has 2 rings (SSSR count). The molecule has 0 aliphatic heterocycles. The van der Waals surface area contributed by atoms with Crippen LogP contribution in [0.25, 0.3) is 11.0 Å². The van der Waals surface area contributed by atoms with E-state index < -0.39 is 0 Å². The molecular weight excluding hydrogens is 226 g/mol. The van der Waals surface area contributed by atoms with E-state index >= 15 is 0 Å². The molecule has 2 N–H and O–H groups in total. The van der Waals surface area contributed by atoms with E-state index in [4.69, 9.17) is 21.8 Å². The summed E-state index contributed by atoms with van der Waals surface area (Å²) < 4.78 is 5.45. The lowest BCUT2D eigenvalue weighted by atomic mass is 10.1. The van der Waals surface area contributed by atoms with Gasteiger partial charge in [-0.05, 0) is 12.1 Å². The maximum atomic E-state index is 11.8. The fourth-order valence-electron chi connectivity index (χ4n) is 1.50. The predicted octanol–water partition coefficient (Wildman–Crippen LogP) is 2.86. The second-order valence-corrected chi connectivity index (χ2v) is 4.18. The van der Waals surface area contributed by atoms with Crippen LogP contribution in [0, 0.1) is 5.92 Å². The number of ketones is 1. The molecule has 0 saturated heterocycles. The summed E-state index contributed by atoms with van der Waals surface area (Å²) >= 11 is 5.96. The fraction of sp³-hybridized carbons (Fsp3) is 0.250. The Morgan fingerprint density at radius 3 is 2.94 bits per heavy atom. The molecule has 4 heteroatoms. The minimum Gasteiger partial charge on any atom is -0.451 e. The minimum absolute atomic E-state index is 0.0882. The number of rotatable bonds is 3. The summed E-state index contributed by atoms with van der Waals surface area (Å²) in [6.45, 7) is 2.08. The number of para-hydroxylation sites is 1. The molecule has 0 spiro atoms. The molecule has 0 radical (unpaired) electrons.